The van der Waals surface area contributed by atoms with Gasteiger partial charge in [0, 0.05) is 14.5 Å². The molecule has 0 fully saturated rings. The largest absolute Gasteiger partial charge is 0.507 e. The zero-order chi connectivity index (χ0) is 9.30. The van der Waals surface area contributed by atoms with E-state index >= 15 is 0 Å². The molecule has 0 spiro atoms. The van der Waals surface area contributed by atoms with E-state index in [1.165, 1.54) is 0 Å². The molecule has 1 rings (SSSR count). The lowest BCUT2D eigenvalue weighted by molar-refractivity contribution is 0.473. The number of allylic oxidation sites excluding steroid dienone is 1. The molecule has 0 bridgehead atoms. The fourth-order valence-electron chi connectivity index (χ4n) is 0.983. The van der Waals surface area contributed by atoms with Gasteiger partial charge in [0.05, 0.1) is 0 Å². The minimum atomic E-state index is 0.240. The van der Waals surface area contributed by atoms with E-state index in [-0.39, 0.29) is 5.75 Å². The Balaban J connectivity index is 3.38. The molecule has 1 aromatic rings. The van der Waals surface area contributed by atoms with Crippen molar-refractivity contribution >= 4 is 37.4 Å². The first-order chi connectivity index (χ1) is 5.52. The monoisotopic (exact) mass is 290 g/mol. The van der Waals surface area contributed by atoms with Crippen molar-refractivity contribution < 1.29 is 5.11 Å². The second-order valence-electron chi connectivity index (χ2n) is 2.56. The minimum Gasteiger partial charge on any atom is -0.507 e. The standard InChI is InChI=1S/C9H8Br2O/c1-5(2)9-7(11)3-6(10)4-8(9)12/h3-4,12H,1H2,2H3. The van der Waals surface area contributed by atoms with Gasteiger partial charge in [-0.2, -0.15) is 0 Å². The Bertz CT molecular complexity index is 308. The van der Waals surface area contributed by atoms with Crippen molar-refractivity contribution in [2.75, 3.05) is 0 Å². The molecule has 3 heteroatoms. The number of benzene rings is 1. The van der Waals surface area contributed by atoms with Gasteiger partial charge in [-0.1, -0.05) is 22.5 Å². The molecule has 0 aliphatic rings. The number of aromatic hydroxyl groups is 1. The van der Waals surface area contributed by atoms with Crippen molar-refractivity contribution in [1.29, 1.82) is 0 Å². The number of hydrogen-bond donors (Lipinski definition) is 1. The highest BCUT2D eigenvalue weighted by atomic mass is 79.9. The molecule has 64 valence electrons. The van der Waals surface area contributed by atoms with E-state index in [0.29, 0.717) is 0 Å². The zero-order valence-corrected chi connectivity index (χ0v) is 9.74. The summed E-state index contributed by atoms with van der Waals surface area (Å²) in [5.74, 6) is 0.240. The number of rotatable bonds is 1. The highest BCUT2D eigenvalue weighted by Gasteiger charge is 2.07. The molecular weight excluding hydrogens is 284 g/mol. The molecule has 1 N–H and O–H groups in total. The van der Waals surface area contributed by atoms with Crippen LogP contribution in [0.15, 0.2) is 27.7 Å². The molecule has 1 aromatic carbocycles. The summed E-state index contributed by atoms with van der Waals surface area (Å²) in [4.78, 5) is 0. The van der Waals surface area contributed by atoms with Gasteiger partial charge in [0.1, 0.15) is 5.75 Å². The number of hydrogen-bond acceptors (Lipinski definition) is 1. The van der Waals surface area contributed by atoms with Crippen LogP contribution in [0.4, 0.5) is 0 Å². The van der Waals surface area contributed by atoms with Gasteiger partial charge in [0.2, 0.25) is 0 Å². The Labute approximate surface area is 88.4 Å². The molecule has 0 aromatic heterocycles. The molecule has 0 atom stereocenters. The Morgan fingerprint density at radius 2 is 2.00 bits per heavy atom. The molecule has 12 heavy (non-hydrogen) atoms. The number of phenols is 1. The summed E-state index contributed by atoms with van der Waals surface area (Å²) >= 11 is 6.62. The van der Waals surface area contributed by atoms with Crippen LogP contribution < -0.4 is 0 Å². The fraction of sp³-hybridized carbons (Fsp3) is 0.111. The Hall–Kier alpha value is -0.280. The van der Waals surface area contributed by atoms with Crippen LogP contribution in [-0.4, -0.2) is 5.11 Å². The molecule has 0 amide bonds. The smallest absolute Gasteiger partial charge is 0.125 e. The molecule has 0 heterocycles. The topological polar surface area (TPSA) is 20.2 Å². The summed E-state index contributed by atoms with van der Waals surface area (Å²) in [7, 11) is 0. The van der Waals surface area contributed by atoms with E-state index in [1.54, 1.807) is 6.07 Å². The average Bonchev–Trinajstić information content (AvgIpc) is 1.82. The van der Waals surface area contributed by atoms with Gasteiger partial charge in [0.15, 0.2) is 0 Å². The predicted octanol–water partition coefficient (Wildman–Crippen LogP) is 3.95. The molecule has 1 nitrogen and oxygen atoms in total. The van der Waals surface area contributed by atoms with Crippen molar-refractivity contribution in [3.8, 4) is 5.75 Å². The van der Waals surface area contributed by atoms with Crippen LogP contribution in [0.3, 0.4) is 0 Å². The van der Waals surface area contributed by atoms with Crippen LogP contribution in [0.2, 0.25) is 0 Å². The maximum atomic E-state index is 9.52. The van der Waals surface area contributed by atoms with Crippen molar-refractivity contribution in [3.63, 3.8) is 0 Å². The summed E-state index contributed by atoms with van der Waals surface area (Å²) < 4.78 is 1.69. The van der Waals surface area contributed by atoms with Crippen LogP contribution in [-0.2, 0) is 0 Å². The lowest BCUT2D eigenvalue weighted by Gasteiger charge is -2.06. The van der Waals surface area contributed by atoms with Gasteiger partial charge in [-0.15, -0.1) is 0 Å². The third-order valence-electron chi connectivity index (χ3n) is 1.46. The van der Waals surface area contributed by atoms with Gasteiger partial charge in [-0.3, -0.25) is 0 Å². The van der Waals surface area contributed by atoms with Crippen LogP contribution >= 0.6 is 31.9 Å². The van der Waals surface area contributed by atoms with Gasteiger partial charge in [-0.25, -0.2) is 0 Å². The zero-order valence-electron chi connectivity index (χ0n) is 6.56. The van der Waals surface area contributed by atoms with Crippen molar-refractivity contribution in [3.05, 3.63) is 33.2 Å². The third-order valence-corrected chi connectivity index (χ3v) is 2.54. The highest BCUT2D eigenvalue weighted by molar-refractivity contribution is 9.11. The quantitative estimate of drug-likeness (QED) is 0.831. The first kappa shape index (κ1) is 9.81. The van der Waals surface area contributed by atoms with E-state index in [2.05, 4.69) is 38.4 Å². The van der Waals surface area contributed by atoms with Crippen LogP contribution in [0, 0.1) is 0 Å². The maximum absolute atomic E-state index is 9.52. The summed E-state index contributed by atoms with van der Waals surface area (Å²) in [6, 6.07) is 3.53. The molecule has 0 aliphatic heterocycles. The first-order valence-corrected chi connectivity index (χ1v) is 4.95. The molecule has 0 saturated carbocycles. The highest BCUT2D eigenvalue weighted by Crippen LogP contribution is 2.34. The summed E-state index contributed by atoms with van der Waals surface area (Å²) in [5, 5.41) is 9.52. The summed E-state index contributed by atoms with van der Waals surface area (Å²) in [5.41, 5.74) is 1.60. The SMILES string of the molecule is C=C(C)c1c(O)cc(Br)cc1Br. The van der Waals surface area contributed by atoms with E-state index in [9.17, 15) is 5.11 Å². The second kappa shape index (κ2) is 3.62. The Morgan fingerprint density at radius 3 is 2.42 bits per heavy atom. The van der Waals surface area contributed by atoms with E-state index < -0.39 is 0 Å². The fourth-order valence-corrected chi connectivity index (χ4v) is 2.52. The van der Waals surface area contributed by atoms with Crippen LogP contribution in [0.1, 0.15) is 12.5 Å². The van der Waals surface area contributed by atoms with E-state index in [4.69, 9.17) is 0 Å². The van der Waals surface area contributed by atoms with Gasteiger partial charge in [-0.05, 0) is 40.6 Å². The normalized spacial score (nSPS) is 9.92. The predicted molar refractivity (Wildman–Crippen MR) is 58.2 cm³/mol. The molecule has 0 saturated heterocycles. The molecule has 0 aliphatic carbocycles. The Kier molecular flexibility index (Phi) is 2.96. The summed E-state index contributed by atoms with van der Waals surface area (Å²) in [6.45, 7) is 5.63. The third kappa shape index (κ3) is 1.90. The molecule has 0 unspecified atom stereocenters. The molecular formula is C9H8Br2O. The van der Waals surface area contributed by atoms with Crippen LogP contribution in [0.5, 0.6) is 5.75 Å². The Morgan fingerprint density at radius 1 is 1.42 bits per heavy atom. The van der Waals surface area contributed by atoms with Crippen LogP contribution in [0.25, 0.3) is 5.57 Å². The minimum absolute atomic E-state index is 0.240. The lowest BCUT2D eigenvalue weighted by atomic mass is 10.1. The van der Waals surface area contributed by atoms with Gasteiger partial charge in [0.25, 0.3) is 0 Å². The average molecular weight is 292 g/mol. The maximum Gasteiger partial charge on any atom is 0.125 e. The second-order valence-corrected chi connectivity index (χ2v) is 4.33. The lowest BCUT2D eigenvalue weighted by Crippen LogP contribution is -1.82. The van der Waals surface area contributed by atoms with Gasteiger partial charge < -0.3 is 5.11 Å². The van der Waals surface area contributed by atoms with E-state index in [0.717, 1.165) is 20.1 Å². The first-order valence-electron chi connectivity index (χ1n) is 3.36. The van der Waals surface area contributed by atoms with E-state index in [1.807, 2.05) is 13.0 Å². The molecule has 0 radical (unpaired) electrons. The van der Waals surface area contributed by atoms with Gasteiger partial charge >= 0.3 is 0 Å². The van der Waals surface area contributed by atoms with Crippen molar-refractivity contribution in [2.24, 2.45) is 0 Å². The van der Waals surface area contributed by atoms with Crippen molar-refractivity contribution in [1.82, 2.24) is 0 Å². The number of phenolic OH excluding ortho intramolecular Hbond substituents is 1. The summed E-state index contributed by atoms with van der Waals surface area (Å²) in [6.07, 6.45) is 0. The van der Waals surface area contributed by atoms with Crippen molar-refractivity contribution in [2.45, 2.75) is 6.92 Å². The number of halogens is 2.